The van der Waals surface area contributed by atoms with E-state index in [4.69, 9.17) is 27.6 Å². The van der Waals surface area contributed by atoms with Crippen molar-refractivity contribution in [3.8, 4) is 44.5 Å². The molecule has 1 aromatic heterocycles. The average molecular weight is 798 g/mol. The van der Waals surface area contributed by atoms with Crippen LogP contribution in [0.4, 0.5) is 5.69 Å². The highest BCUT2D eigenvalue weighted by Gasteiger charge is 2.32. The fraction of sp³-hybridized carbons (Fsp3) is 0.239. The SMILES string of the molecule is O=C1CCC(c2cccc(-c3ccc(-c4ccc(-c5cc(-c6ccc(N7CCCCC7)cc6)c(Cl)c(C6CCC(=O)NC6=O)c5)c5ocnc45)cc3)c2Cl)C(=O)N1. The van der Waals surface area contributed by atoms with E-state index in [2.05, 4.69) is 44.8 Å². The maximum Gasteiger partial charge on any atom is 0.234 e. The van der Waals surface area contributed by atoms with Gasteiger partial charge in [0.1, 0.15) is 5.52 Å². The standard InChI is InChI=1S/C46H38Cl2N4O5/c47-41-31(5-4-6-34(41)35-17-19-39(53)50-45(35)55)26-7-9-27(10-8-26)32-15-16-33(44-43(32)49-25-57-44)29-23-37(28-11-13-30(14-12-28)52-21-2-1-3-22-52)42(48)38(24-29)36-18-20-40(54)51-46(36)56/h4-16,23-25,35-36H,1-3,17-22H2,(H,50,53,55)(H,51,54,56). The van der Waals surface area contributed by atoms with Gasteiger partial charge in [0.05, 0.1) is 21.9 Å². The lowest BCUT2D eigenvalue weighted by molar-refractivity contribution is -0.135. The third kappa shape index (κ3) is 7.00. The Morgan fingerprint density at radius 3 is 1.84 bits per heavy atom. The summed E-state index contributed by atoms with van der Waals surface area (Å²) in [5.74, 6) is -2.32. The molecule has 4 amide bonds. The number of carbonyl (C=O) groups excluding carboxylic acids is 4. The van der Waals surface area contributed by atoms with E-state index in [0.717, 1.165) is 57.6 Å². The number of imide groups is 2. The van der Waals surface area contributed by atoms with Crippen molar-refractivity contribution in [2.24, 2.45) is 0 Å². The Balaban J connectivity index is 1.07. The number of carbonyl (C=O) groups is 4. The number of nitrogens with zero attached hydrogens (tertiary/aromatic N) is 2. The number of fused-ring (bicyclic) bond motifs is 1. The van der Waals surface area contributed by atoms with Crippen LogP contribution in [0.5, 0.6) is 0 Å². The Morgan fingerprint density at radius 2 is 1.18 bits per heavy atom. The number of rotatable bonds is 7. The van der Waals surface area contributed by atoms with Crippen molar-refractivity contribution in [2.45, 2.75) is 56.8 Å². The number of amides is 4. The predicted molar refractivity (Wildman–Crippen MR) is 222 cm³/mol. The van der Waals surface area contributed by atoms with Gasteiger partial charge in [-0.2, -0.15) is 0 Å². The van der Waals surface area contributed by atoms with Crippen molar-refractivity contribution in [2.75, 3.05) is 18.0 Å². The Labute approximate surface area is 339 Å². The third-order valence-electron chi connectivity index (χ3n) is 11.6. The molecule has 57 heavy (non-hydrogen) atoms. The van der Waals surface area contributed by atoms with E-state index >= 15 is 0 Å². The largest absolute Gasteiger partial charge is 0.443 e. The van der Waals surface area contributed by atoms with E-state index in [1.165, 1.54) is 31.3 Å². The fourth-order valence-electron chi connectivity index (χ4n) is 8.53. The van der Waals surface area contributed by atoms with Gasteiger partial charge in [-0.1, -0.05) is 83.9 Å². The molecule has 286 valence electrons. The van der Waals surface area contributed by atoms with E-state index in [0.29, 0.717) is 45.1 Å². The van der Waals surface area contributed by atoms with E-state index in [9.17, 15) is 19.2 Å². The number of piperidine rings is 3. The normalized spacial score (nSPS) is 18.8. The summed E-state index contributed by atoms with van der Waals surface area (Å²) in [5.41, 5.74) is 10.5. The zero-order chi connectivity index (χ0) is 39.2. The van der Waals surface area contributed by atoms with Gasteiger partial charge in [-0.05, 0) is 95.8 Å². The maximum atomic E-state index is 13.2. The van der Waals surface area contributed by atoms with Crippen LogP contribution in [0.1, 0.15) is 67.9 Å². The van der Waals surface area contributed by atoms with Crippen LogP contribution in [0.3, 0.4) is 0 Å². The zero-order valence-corrected chi connectivity index (χ0v) is 32.5. The van der Waals surface area contributed by atoms with Crippen molar-refractivity contribution in [1.82, 2.24) is 15.6 Å². The van der Waals surface area contributed by atoms with Gasteiger partial charge in [0.2, 0.25) is 23.6 Å². The van der Waals surface area contributed by atoms with E-state index in [-0.39, 0.29) is 36.5 Å². The molecule has 0 bridgehead atoms. The lowest BCUT2D eigenvalue weighted by atomic mass is 9.85. The monoisotopic (exact) mass is 796 g/mol. The van der Waals surface area contributed by atoms with Gasteiger partial charge in [-0.15, -0.1) is 0 Å². The van der Waals surface area contributed by atoms with Gasteiger partial charge in [0.25, 0.3) is 0 Å². The number of hydrogen-bond donors (Lipinski definition) is 2. The first kappa shape index (κ1) is 36.8. The molecule has 2 N–H and O–H groups in total. The van der Waals surface area contributed by atoms with Gasteiger partial charge in [-0.25, -0.2) is 4.98 Å². The molecule has 9 rings (SSSR count). The molecule has 0 spiro atoms. The first-order chi connectivity index (χ1) is 27.7. The van der Waals surface area contributed by atoms with Gasteiger partial charge in [0, 0.05) is 53.9 Å². The molecule has 0 saturated carbocycles. The first-order valence-electron chi connectivity index (χ1n) is 19.4. The molecule has 3 aliphatic heterocycles. The summed E-state index contributed by atoms with van der Waals surface area (Å²) in [4.78, 5) is 56.8. The molecule has 4 heterocycles. The van der Waals surface area contributed by atoms with E-state index < -0.39 is 11.8 Å². The first-order valence-corrected chi connectivity index (χ1v) is 20.1. The molecule has 6 aromatic rings. The highest BCUT2D eigenvalue weighted by atomic mass is 35.5. The maximum absolute atomic E-state index is 13.2. The average Bonchev–Trinajstić information content (AvgIpc) is 3.72. The Bertz CT molecular complexity index is 2580. The van der Waals surface area contributed by atoms with Crippen LogP contribution in [0.25, 0.3) is 55.6 Å². The Morgan fingerprint density at radius 1 is 0.596 bits per heavy atom. The molecule has 11 heteroatoms. The second-order valence-corrected chi connectivity index (χ2v) is 15.8. The number of hydrogen-bond acceptors (Lipinski definition) is 7. The molecule has 0 aliphatic carbocycles. The number of anilines is 1. The molecular weight excluding hydrogens is 759 g/mol. The van der Waals surface area contributed by atoms with Crippen LogP contribution in [-0.2, 0) is 19.2 Å². The summed E-state index contributed by atoms with van der Waals surface area (Å²) in [6, 6.07) is 30.0. The van der Waals surface area contributed by atoms with Crippen LogP contribution < -0.4 is 15.5 Å². The summed E-state index contributed by atoms with van der Waals surface area (Å²) < 4.78 is 6.10. The van der Waals surface area contributed by atoms with Crippen LogP contribution in [-0.4, -0.2) is 41.7 Å². The van der Waals surface area contributed by atoms with Gasteiger partial charge in [0.15, 0.2) is 12.0 Å². The predicted octanol–water partition coefficient (Wildman–Crippen LogP) is 9.83. The minimum absolute atomic E-state index is 0.230. The van der Waals surface area contributed by atoms with Gasteiger partial charge in [-0.3, -0.25) is 29.8 Å². The summed E-state index contributed by atoms with van der Waals surface area (Å²) in [6.45, 7) is 2.08. The molecular formula is C46H38Cl2N4O5. The number of aromatic nitrogens is 1. The minimum atomic E-state index is -0.595. The Hall–Kier alpha value is -5.77. The molecule has 5 aromatic carbocycles. The van der Waals surface area contributed by atoms with Crippen LogP contribution in [0.15, 0.2) is 102 Å². The van der Waals surface area contributed by atoms with Crippen molar-refractivity contribution in [3.63, 3.8) is 0 Å². The van der Waals surface area contributed by atoms with Crippen LogP contribution in [0, 0.1) is 0 Å². The molecule has 3 aliphatic rings. The summed E-state index contributed by atoms with van der Waals surface area (Å²) in [6.07, 6.45) is 6.33. The smallest absolute Gasteiger partial charge is 0.234 e. The van der Waals surface area contributed by atoms with E-state index in [1.54, 1.807) is 0 Å². The van der Waals surface area contributed by atoms with Crippen molar-refractivity contribution in [3.05, 3.63) is 119 Å². The Kier molecular flexibility index (Phi) is 9.88. The number of benzene rings is 5. The molecule has 2 unspecified atom stereocenters. The summed E-state index contributed by atoms with van der Waals surface area (Å²) in [7, 11) is 0. The van der Waals surface area contributed by atoms with Crippen molar-refractivity contribution in [1.29, 1.82) is 0 Å². The lowest BCUT2D eigenvalue weighted by Crippen LogP contribution is -2.39. The second-order valence-electron chi connectivity index (χ2n) is 15.0. The number of nitrogens with one attached hydrogen (secondary N) is 2. The molecule has 0 radical (unpaired) electrons. The van der Waals surface area contributed by atoms with Crippen LogP contribution in [0.2, 0.25) is 10.0 Å². The minimum Gasteiger partial charge on any atom is -0.443 e. The number of halogens is 2. The van der Waals surface area contributed by atoms with Gasteiger partial charge < -0.3 is 9.32 Å². The zero-order valence-electron chi connectivity index (χ0n) is 30.9. The third-order valence-corrected chi connectivity index (χ3v) is 12.4. The highest BCUT2D eigenvalue weighted by molar-refractivity contribution is 6.35. The summed E-state index contributed by atoms with van der Waals surface area (Å²) in [5, 5.41) is 5.89. The molecule has 3 fully saturated rings. The second kappa shape index (κ2) is 15.3. The van der Waals surface area contributed by atoms with Crippen LogP contribution >= 0.6 is 23.2 Å². The van der Waals surface area contributed by atoms with Crippen molar-refractivity contribution < 1.29 is 23.6 Å². The van der Waals surface area contributed by atoms with E-state index in [1.807, 2.05) is 66.7 Å². The number of oxazole rings is 1. The summed E-state index contributed by atoms with van der Waals surface area (Å²) >= 11 is 14.1. The fourth-order valence-corrected chi connectivity index (χ4v) is 9.25. The molecule has 2 atom stereocenters. The van der Waals surface area contributed by atoms with Crippen molar-refractivity contribution >= 4 is 63.6 Å². The quantitative estimate of drug-likeness (QED) is 0.154. The molecule has 9 nitrogen and oxygen atoms in total. The molecule has 3 saturated heterocycles. The highest BCUT2D eigenvalue weighted by Crippen LogP contribution is 2.44. The lowest BCUT2D eigenvalue weighted by Gasteiger charge is -2.29. The van der Waals surface area contributed by atoms with Gasteiger partial charge >= 0.3 is 0 Å². The topological polar surface area (TPSA) is 122 Å².